The normalized spacial score (nSPS) is 26.7. The molecule has 0 bridgehead atoms. The molecule has 132 valence electrons. The van der Waals surface area contributed by atoms with Gasteiger partial charge in [-0.05, 0) is 52.0 Å². The van der Waals surface area contributed by atoms with E-state index in [0.717, 1.165) is 12.5 Å². The lowest BCUT2D eigenvalue weighted by Gasteiger charge is -2.50. The van der Waals surface area contributed by atoms with E-state index in [-0.39, 0.29) is 12.5 Å². The maximum absolute atomic E-state index is 12.0. The van der Waals surface area contributed by atoms with Gasteiger partial charge in [0.15, 0.2) is 0 Å². The Balaban J connectivity index is 1.87. The Morgan fingerprint density at radius 1 is 1.30 bits per heavy atom. The molecule has 0 aromatic carbocycles. The third-order valence-electron chi connectivity index (χ3n) is 4.70. The zero-order chi connectivity index (χ0) is 17.3. The quantitative estimate of drug-likeness (QED) is 0.811. The van der Waals surface area contributed by atoms with Crippen LogP contribution in [0.2, 0.25) is 0 Å². The number of rotatable bonds is 5. The fourth-order valence-electron chi connectivity index (χ4n) is 3.59. The number of likely N-dealkylation sites (tertiary alicyclic amines) is 1. The molecule has 23 heavy (non-hydrogen) atoms. The number of ether oxygens (including phenoxy) is 1. The van der Waals surface area contributed by atoms with Crippen LogP contribution in [0.5, 0.6) is 0 Å². The average Bonchev–Trinajstić information content (AvgIpc) is 2.75. The summed E-state index contributed by atoms with van der Waals surface area (Å²) in [5, 5.41) is 12.6. The van der Waals surface area contributed by atoms with Crippen LogP contribution in [0, 0.1) is 11.8 Å². The molecule has 1 aliphatic heterocycles. The molecule has 6 heteroatoms. The van der Waals surface area contributed by atoms with E-state index in [1.807, 2.05) is 20.8 Å². The average molecular weight is 326 g/mol. The largest absolute Gasteiger partial charge is 0.481 e. The molecule has 2 unspecified atom stereocenters. The third-order valence-corrected chi connectivity index (χ3v) is 4.70. The van der Waals surface area contributed by atoms with Gasteiger partial charge in [-0.25, -0.2) is 4.79 Å². The van der Waals surface area contributed by atoms with Crippen LogP contribution in [0.15, 0.2) is 0 Å². The summed E-state index contributed by atoms with van der Waals surface area (Å²) in [4.78, 5) is 24.8. The molecule has 2 rings (SSSR count). The second-order valence-corrected chi connectivity index (χ2v) is 8.35. The molecule has 0 radical (unpaired) electrons. The molecule has 2 aliphatic rings. The van der Waals surface area contributed by atoms with E-state index in [0.29, 0.717) is 19.0 Å². The number of carboxylic acid groups (broad SMARTS) is 1. The molecule has 1 saturated heterocycles. The number of hydrogen-bond donors (Lipinski definition) is 2. The summed E-state index contributed by atoms with van der Waals surface area (Å²) in [5.74, 6) is 0.546. The van der Waals surface area contributed by atoms with Crippen molar-refractivity contribution in [2.45, 2.75) is 64.5 Å². The molecule has 1 amide bonds. The molecular weight excluding hydrogens is 296 g/mol. The monoisotopic (exact) mass is 326 g/mol. The van der Waals surface area contributed by atoms with Crippen LogP contribution in [-0.2, 0) is 9.53 Å². The maximum Gasteiger partial charge on any atom is 0.410 e. The van der Waals surface area contributed by atoms with Gasteiger partial charge in [-0.2, -0.15) is 0 Å². The topological polar surface area (TPSA) is 78.9 Å². The van der Waals surface area contributed by atoms with Gasteiger partial charge in [0.2, 0.25) is 0 Å². The summed E-state index contributed by atoms with van der Waals surface area (Å²) in [6, 6.07) is 0. The van der Waals surface area contributed by atoms with Crippen LogP contribution in [0.25, 0.3) is 0 Å². The Kier molecular flexibility index (Phi) is 5.23. The van der Waals surface area contributed by atoms with Gasteiger partial charge in [0.25, 0.3) is 0 Å². The first-order chi connectivity index (χ1) is 10.6. The summed E-state index contributed by atoms with van der Waals surface area (Å²) in [6.07, 6.45) is 3.32. The fourth-order valence-corrected chi connectivity index (χ4v) is 3.59. The van der Waals surface area contributed by atoms with Gasteiger partial charge in [0.1, 0.15) is 5.60 Å². The van der Waals surface area contributed by atoms with E-state index >= 15 is 0 Å². The number of nitrogens with zero attached hydrogens (tertiary/aromatic N) is 1. The highest BCUT2D eigenvalue weighted by Gasteiger charge is 2.48. The number of aliphatic carboxylic acids is 1. The van der Waals surface area contributed by atoms with Crippen molar-refractivity contribution < 1.29 is 19.4 Å². The predicted molar refractivity (Wildman–Crippen MR) is 87.3 cm³/mol. The number of carbonyl (C=O) groups excluding carboxylic acids is 1. The van der Waals surface area contributed by atoms with Crippen LogP contribution in [-0.4, -0.2) is 52.8 Å². The molecule has 1 saturated carbocycles. The number of carbonyl (C=O) groups is 2. The van der Waals surface area contributed by atoms with Crippen molar-refractivity contribution in [2.24, 2.45) is 11.8 Å². The first kappa shape index (κ1) is 18.0. The Morgan fingerprint density at radius 2 is 1.96 bits per heavy atom. The molecule has 1 aliphatic carbocycles. The molecule has 2 fully saturated rings. The molecule has 0 aromatic heterocycles. The lowest BCUT2D eigenvalue weighted by atomic mass is 9.85. The van der Waals surface area contributed by atoms with E-state index in [4.69, 9.17) is 4.74 Å². The number of nitrogens with one attached hydrogen (secondary N) is 1. The summed E-state index contributed by atoms with van der Waals surface area (Å²) in [7, 11) is 0. The second kappa shape index (κ2) is 6.67. The van der Waals surface area contributed by atoms with Gasteiger partial charge in [0, 0.05) is 13.1 Å². The highest BCUT2D eigenvalue weighted by atomic mass is 16.6. The minimum Gasteiger partial charge on any atom is -0.481 e. The van der Waals surface area contributed by atoms with Crippen molar-refractivity contribution >= 4 is 12.1 Å². The Labute approximate surface area is 138 Å². The standard InChI is InChI=1S/C17H30N2O4/c1-12-5-6-13(7-12)9-18-17(8-14(20)21)10-19(11-17)15(22)23-16(2,3)4/h12-13,18H,5-11H2,1-4H3,(H,20,21). The molecule has 0 aromatic rings. The Morgan fingerprint density at radius 3 is 2.43 bits per heavy atom. The van der Waals surface area contributed by atoms with Gasteiger partial charge in [-0.15, -0.1) is 0 Å². The highest BCUT2D eigenvalue weighted by Crippen LogP contribution is 2.32. The lowest BCUT2D eigenvalue weighted by Crippen LogP contribution is -2.71. The van der Waals surface area contributed by atoms with Crippen LogP contribution >= 0.6 is 0 Å². The SMILES string of the molecule is CC1CCC(CNC2(CC(=O)O)CN(C(=O)OC(C)(C)C)C2)C1. The van der Waals surface area contributed by atoms with E-state index in [1.165, 1.54) is 19.3 Å². The first-order valence-corrected chi connectivity index (χ1v) is 8.53. The number of amides is 1. The maximum atomic E-state index is 12.0. The Hall–Kier alpha value is -1.30. The van der Waals surface area contributed by atoms with Crippen molar-refractivity contribution in [1.82, 2.24) is 10.2 Å². The summed E-state index contributed by atoms with van der Waals surface area (Å²) in [5.41, 5.74) is -1.04. The van der Waals surface area contributed by atoms with Crippen LogP contribution < -0.4 is 5.32 Å². The zero-order valence-corrected chi connectivity index (χ0v) is 14.7. The van der Waals surface area contributed by atoms with Gasteiger partial charge in [-0.3, -0.25) is 4.79 Å². The molecule has 1 heterocycles. The number of hydrogen-bond acceptors (Lipinski definition) is 4. The molecule has 6 nitrogen and oxygen atoms in total. The molecule has 0 spiro atoms. The number of carboxylic acids is 1. The predicted octanol–water partition coefficient (Wildman–Crippen LogP) is 2.48. The smallest absolute Gasteiger partial charge is 0.410 e. The van der Waals surface area contributed by atoms with Gasteiger partial charge < -0.3 is 20.1 Å². The zero-order valence-electron chi connectivity index (χ0n) is 14.7. The summed E-state index contributed by atoms with van der Waals surface area (Å²) < 4.78 is 5.34. The van der Waals surface area contributed by atoms with Crippen LogP contribution in [0.4, 0.5) is 4.79 Å². The van der Waals surface area contributed by atoms with Crippen molar-refractivity contribution in [2.75, 3.05) is 19.6 Å². The van der Waals surface area contributed by atoms with E-state index < -0.39 is 17.1 Å². The van der Waals surface area contributed by atoms with Gasteiger partial charge >= 0.3 is 12.1 Å². The minimum atomic E-state index is -0.832. The van der Waals surface area contributed by atoms with Crippen LogP contribution in [0.1, 0.15) is 53.4 Å². The molecular formula is C17H30N2O4. The third kappa shape index (κ3) is 5.09. The second-order valence-electron chi connectivity index (χ2n) is 8.35. The molecule has 2 atom stereocenters. The van der Waals surface area contributed by atoms with Crippen molar-refractivity contribution in [1.29, 1.82) is 0 Å². The van der Waals surface area contributed by atoms with Crippen molar-refractivity contribution in [3.05, 3.63) is 0 Å². The van der Waals surface area contributed by atoms with Gasteiger partial charge in [-0.1, -0.05) is 13.3 Å². The highest BCUT2D eigenvalue weighted by molar-refractivity contribution is 5.73. The Bertz CT molecular complexity index is 452. The molecule has 2 N–H and O–H groups in total. The lowest BCUT2D eigenvalue weighted by molar-refractivity contribution is -0.141. The first-order valence-electron chi connectivity index (χ1n) is 8.53. The van der Waals surface area contributed by atoms with Crippen LogP contribution in [0.3, 0.4) is 0 Å². The van der Waals surface area contributed by atoms with E-state index in [1.54, 1.807) is 4.90 Å². The van der Waals surface area contributed by atoms with E-state index in [9.17, 15) is 14.7 Å². The van der Waals surface area contributed by atoms with Crippen molar-refractivity contribution in [3.63, 3.8) is 0 Å². The van der Waals surface area contributed by atoms with Gasteiger partial charge in [0.05, 0.1) is 12.0 Å². The minimum absolute atomic E-state index is 0.0363. The summed E-state index contributed by atoms with van der Waals surface area (Å²) in [6.45, 7) is 9.38. The summed E-state index contributed by atoms with van der Waals surface area (Å²) >= 11 is 0. The fraction of sp³-hybridized carbons (Fsp3) is 0.882. The van der Waals surface area contributed by atoms with E-state index in [2.05, 4.69) is 12.2 Å². The van der Waals surface area contributed by atoms with Crippen molar-refractivity contribution in [3.8, 4) is 0 Å².